The van der Waals surface area contributed by atoms with E-state index < -0.39 is 52.7 Å². The fourth-order valence-corrected chi connectivity index (χ4v) is 6.02. The zero-order chi connectivity index (χ0) is 24.6. The van der Waals surface area contributed by atoms with Gasteiger partial charge in [0, 0.05) is 16.8 Å². The van der Waals surface area contributed by atoms with E-state index in [0.29, 0.717) is 5.56 Å². The molecule has 0 amide bonds. The molecule has 0 N–H and O–H groups in total. The minimum absolute atomic E-state index is 0.133. The lowest BCUT2D eigenvalue weighted by atomic mass is 9.76. The van der Waals surface area contributed by atoms with Gasteiger partial charge in [-0.05, 0) is 35.9 Å². The van der Waals surface area contributed by atoms with Gasteiger partial charge in [0.25, 0.3) is 0 Å². The number of hydrogen-bond acceptors (Lipinski definition) is 6. The Bertz CT molecular complexity index is 1450. The van der Waals surface area contributed by atoms with Crippen molar-refractivity contribution in [2.24, 2.45) is 11.8 Å². The molecule has 6 nitrogen and oxygen atoms in total. The molecule has 0 aromatic heterocycles. The first-order valence-electron chi connectivity index (χ1n) is 10.7. The molecule has 0 unspecified atom stereocenters. The summed E-state index contributed by atoms with van der Waals surface area (Å²) >= 11 is 12.4. The smallest absolute Gasteiger partial charge is 0.320 e. The van der Waals surface area contributed by atoms with Gasteiger partial charge in [-0.15, -0.1) is 0 Å². The highest BCUT2D eigenvalue weighted by molar-refractivity contribution is 6.42. The molecule has 2 aliphatic heterocycles. The molecule has 1 aliphatic carbocycles. The molecule has 1 spiro atoms. The van der Waals surface area contributed by atoms with Gasteiger partial charge < -0.3 is 9.64 Å². The standard InChI is InChI=1S/C26H14Cl2FNO5/c27-17-9-8-14(11-18(17)28)30-21(12-4-3-5-13(29)10-12)19-20(25(34)35-24(19)33)26(30)22(31)15-6-1-2-7-16(15)23(26)32/h1-11,19-21H/t19-,20-,21+/m0/s1. The number of anilines is 1. The van der Waals surface area contributed by atoms with E-state index in [1.54, 1.807) is 24.3 Å². The summed E-state index contributed by atoms with van der Waals surface area (Å²) in [5.74, 6) is -6.38. The lowest BCUT2D eigenvalue weighted by molar-refractivity contribution is -0.154. The van der Waals surface area contributed by atoms with Crippen LogP contribution in [0.15, 0.2) is 66.7 Å². The summed E-state index contributed by atoms with van der Waals surface area (Å²) in [6.07, 6.45) is 0. The van der Waals surface area contributed by atoms with Gasteiger partial charge in [0.15, 0.2) is 17.1 Å². The maximum absolute atomic E-state index is 14.3. The number of rotatable bonds is 2. The molecule has 3 aliphatic rings. The Hall–Kier alpha value is -3.55. The van der Waals surface area contributed by atoms with Crippen LogP contribution in [0.1, 0.15) is 32.3 Å². The number of fused-ring (bicyclic) bond motifs is 3. The number of carbonyl (C=O) groups excluding carboxylic acids is 4. The van der Waals surface area contributed by atoms with Crippen LogP contribution in [0.2, 0.25) is 10.0 Å². The third kappa shape index (κ3) is 2.76. The van der Waals surface area contributed by atoms with E-state index in [-0.39, 0.29) is 26.9 Å². The van der Waals surface area contributed by atoms with Crippen LogP contribution in [-0.2, 0) is 14.3 Å². The van der Waals surface area contributed by atoms with Crippen molar-refractivity contribution >= 4 is 52.4 Å². The highest BCUT2D eigenvalue weighted by Gasteiger charge is 2.76. The highest BCUT2D eigenvalue weighted by Crippen LogP contribution is 2.60. The maximum atomic E-state index is 14.3. The van der Waals surface area contributed by atoms with Gasteiger partial charge in [0.05, 0.1) is 22.0 Å². The number of benzene rings is 3. The Morgan fingerprint density at radius 1 is 0.800 bits per heavy atom. The van der Waals surface area contributed by atoms with E-state index in [0.717, 1.165) is 0 Å². The van der Waals surface area contributed by atoms with Gasteiger partial charge in [-0.3, -0.25) is 19.2 Å². The van der Waals surface area contributed by atoms with Gasteiger partial charge >= 0.3 is 11.9 Å². The molecule has 2 heterocycles. The van der Waals surface area contributed by atoms with E-state index in [2.05, 4.69) is 0 Å². The van der Waals surface area contributed by atoms with E-state index in [1.165, 1.54) is 47.4 Å². The zero-order valence-electron chi connectivity index (χ0n) is 17.7. The Balaban J connectivity index is 1.70. The lowest BCUT2D eigenvalue weighted by Crippen LogP contribution is -2.59. The summed E-state index contributed by atoms with van der Waals surface area (Å²) < 4.78 is 19.3. The molecular formula is C26H14Cl2FNO5. The number of carbonyl (C=O) groups is 4. The van der Waals surface area contributed by atoms with E-state index in [1.807, 2.05) is 0 Å². The number of ether oxygens (including phenoxy) is 1. The minimum atomic E-state index is -2.12. The summed E-state index contributed by atoms with van der Waals surface area (Å²) in [5.41, 5.74) is -1.28. The highest BCUT2D eigenvalue weighted by atomic mass is 35.5. The average molecular weight is 510 g/mol. The van der Waals surface area contributed by atoms with Gasteiger partial charge in [-0.2, -0.15) is 0 Å². The van der Waals surface area contributed by atoms with E-state index in [4.69, 9.17) is 27.9 Å². The lowest BCUT2D eigenvalue weighted by Gasteiger charge is -2.39. The van der Waals surface area contributed by atoms with Crippen molar-refractivity contribution in [2.45, 2.75) is 11.6 Å². The Kier molecular flexibility index (Phi) is 4.69. The quantitative estimate of drug-likeness (QED) is 0.363. The topological polar surface area (TPSA) is 80.8 Å². The van der Waals surface area contributed by atoms with Crippen molar-refractivity contribution in [3.8, 4) is 0 Å². The summed E-state index contributed by atoms with van der Waals surface area (Å²) in [7, 11) is 0. The van der Waals surface area contributed by atoms with Crippen LogP contribution >= 0.6 is 23.2 Å². The molecular weight excluding hydrogens is 496 g/mol. The van der Waals surface area contributed by atoms with Gasteiger partial charge in [0.2, 0.25) is 0 Å². The molecule has 3 aromatic carbocycles. The number of Topliss-reactive ketones (excluding diaryl/α,β-unsaturated/α-hetero) is 2. The van der Waals surface area contributed by atoms with Gasteiger partial charge in [0.1, 0.15) is 11.7 Å². The minimum Gasteiger partial charge on any atom is -0.393 e. The van der Waals surface area contributed by atoms with E-state index >= 15 is 0 Å². The molecule has 35 heavy (non-hydrogen) atoms. The average Bonchev–Trinajstić information content (AvgIpc) is 3.40. The van der Waals surface area contributed by atoms with Crippen LogP contribution in [0.3, 0.4) is 0 Å². The number of ketones is 2. The zero-order valence-corrected chi connectivity index (χ0v) is 19.2. The van der Waals surface area contributed by atoms with Gasteiger partial charge in [-0.1, -0.05) is 59.6 Å². The molecule has 9 heteroatoms. The van der Waals surface area contributed by atoms with Crippen LogP contribution in [0.25, 0.3) is 0 Å². The van der Waals surface area contributed by atoms with Crippen molar-refractivity contribution in [1.29, 1.82) is 0 Å². The second-order valence-corrected chi connectivity index (χ2v) is 9.50. The SMILES string of the molecule is O=C1OC(=O)[C@@H]2[C@H]1[C@@H](c1cccc(F)c1)N(c1ccc(Cl)c(Cl)c1)C21C(=O)c2ccccc2C1=O. The first kappa shape index (κ1) is 21.9. The number of nitrogens with zero attached hydrogens (tertiary/aromatic N) is 1. The third-order valence-electron chi connectivity index (χ3n) is 7.02. The molecule has 2 saturated heterocycles. The van der Waals surface area contributed by atoms with Crippen molar-refractivity contribution < 1.29 is 28.3 Å². The second kappa shape index (κ2) is 7.47. The number of hydrogen-bond donors (Lipinski definition) is 0. The van der Waals surface area contributed by atoms with Crippen LogP contribution in [0.4, 0.5) is 10.1 Å². The fourth-order valence-electron chi connectivity index (χ4n) is 5.73. The fraction of sp³-hybridized carbons (Fsp3) is 0.154. The van der Waals surface area contributed by atoms with E-state index in [9.17, 15) is 23.6 Å². The Labute approximate surface area is 208 Å². The Morgan fingerprint density at radius 3 is 2.11 bits per heavy atom. The van der Waals surface area contributed by atoms with Crippen LogP contribution in [0, 0.1) is 17.7 Å². The first-order valence-corrected chi connectivity index (χ1v) is 11.5. The third-order valence-corrected chi connectivity index (χ3v) is 7.75. The van der Waals surface area contributed by atoms with Crippen molar-refractivity contribution in [3.05, 3.63) is 99.3 Å². The molecule has 3 aromatic rings. The van der Waals surface area contributed by atoms with Crippen LogP contribution in [0.5, 0.6) is 0 Å². The predicted octanol–water partition coefficient (Wildman–Crippen LogP) is 4.83. The molecule has 174 valence electrons. The molecule has 0 bridgehead atoms. The number of cyclic esters (lactones) is 2. The summed E-state index contributed by atoms with van der Waals surface area (Å²) in [6, 6.07) is 15.1. The molecule has 2 fully saturated rings. The number of esters is 2. The predicted molar refractivity (Wildman–Crippen MR) is 124 cm³/mol. The molecule has 3 atom stereocenters. The van der Waals surface area contributed by atoms with Crippen LogP contribution < -0.4 is 4.90 Å². The molecule has 0 saturated carbocycles. The maximum Gasteiger partial charge on any atom is 0.320 e. The second-order valence-electron chi connectivity index (χ2n) is 8.68. The van der Waals surface area contributed by atoms with Crippen LogP contribution in [-0.4, -0.2) is 29.0 Å². The molecule has 6 rings (SSSR count). The normalized spacial score (nSPS) is 24.2. The van der Waals surface area contributed by atoms with Crippen molar-refractivity contribution in [2.75, 3.05) is 4.90 Å². The summed E-state index contributed by atoms with van der Waals surface area (Å²) in [4.78, 5) is 55.8. The molecule has 0 radical (unpaired) electrons. The number of halogens is 3. The summed E-state index contributed by atoms with van der Waals surface area (Å²) in [5, 5.41) is 0.368. The monoisotopic (exact) mass is 509 g/mol. The van der Waals surface area contributed by atoms with Crippen molar-refractivity contribution in [1.82, 2.24) is 0 Å². The first-order chi connectivity index (χ1) is 16.8. The van der Waals surface area contributed by atoms with Gasteiger partial charge in [-0.25, -0.2) is 4.39 Å². The van der Waals surface area contributed by atoms with Crippen molar-refractivity contribution in [3.63, 3.8) is 0 Å². The largest absolute Gasteiger partial charge is 0.393 e. The summed E-state index contributed by atoms with van der Waals surface area (Å²) in [6.45, 7) is 0. The Morgan fingerprint density at radius 2 is 1.49 bits per heavy atom.